The molecule has 1 heterocycles. The van der Waals surface area contributed by atoms with Gasteiger partial charge in [-0.2, -0.15) is 8.78 Å². The van der Waals surface area contributed by atoms with Crippen molar-refractivity contribution in [1.29, 1.82) is 0 Å². The van der Waals surface area contributed by atoms with E-state index in [4.69, 9.17) is 5.11 Å². The summed E-state index contributed by atoms with van der Waals surface area (Å²) in [5.41, 5.74) is -1.26. The molecule has 1 saturated carbocycles. The number of allylic oxidation sites excluding steroid dienone is 2. The maximum absolute atomic E-state index is 12.9. The van der Waals surface area contributed by atoms with Gasteiger partial charge in [-0.3, -0.25) is 0 Å². The Balaban J connectivity index is 1.82. The van der Waals surface area contributed by atoms with Gasteiger partial charge >= 0.3 is 12.0 Å². The minimum atomic E-state index is -2.35. The molecule has 10 heteroatoms. The van der Waals surface area contributed by atoms with Crippen molar-refractivity contribution in [3.63, 3.8) is 0 Å². The lowest BCUT2D eigenvalue weighted by Gasteiger charge is -2.22. The first-order valence-electron chi connectivity index (χ1n) is 9.67. The van der Waals surface area contributed by atoms with Crippen molar-refractivity contribution < 1.29 is 33.3 Å². The maximum atomic E-state index is 12.9. The van der Waals surface area contributed by atoms with Crippen LogP contribution in [0.1, 0.15) is 55.9 Å². The van der Waals surface area contributed by atoms with Gasteiger partial charge in [0.2, 0.25) is 0 Å². The number of aromatic nitrogens is 1. The SMILES string of the molecule is CC(O)(C/C=C/C1CCC(O)C1CCSc1nc(C(=O)O)cs1)CCC(F)=C(F)F. The molecule has 168 valence electrons. The third-order valence-corrected chi connectivity index (χ3v) is 7.30. The van der Waals surface area contributed by atoms with Crippen molar-refractivity contribution in [3.05, 3.63) is 35.1 Å². The quantitative estimate of drug-likeness (QED) is 0.305. The van der Waals surface area contributed by atoms with Gasteiger partial charge < -0.3 is 15.3 Å². The molecule has 3 N–H and O–H groups in total. The van der Waals surface area contributed by atoms with Gasteiger partial charge in [0.05, 0.1) is 11.7 Å². The monoisotopic (exact) mass is 465 g/mol. The van der Waals surface area contributed by atoms with Crippen molar-refractivity contribution in [2.45, 2.75) is 61.5 Å². The second kappa shape index (κ2) is 11.3. The molecule has 30 heavy (non-hydrogen) atoms. The second-order valence-electron chi connectivity index (χ2n) is 7.71. The fourth-order valence-electron chi connectivity index (χ4n) is 3.50. The van der Waals surface area contributed by atoms with Crippen molar-refractivity contribution >= 4 is 29.1 Å². The smallest absolute Gasteiger partial charge is 0.355 e. The molecule has 1 aromatic heterocycles. The lowest BCUT2D eigenvalue weighted by Crippen LogP contribution is -2.23. The molecule has 0 radical (unpaired) electrons. The summed E-state index contributed by atoms with van der Waals surface area (Å²) >= 11 is 2.73. The Morgan fingerprint density at radius 2 is 2.13 bits per heavy atom. The number of carboxylic acids is 1. The predicted molar refractivity (Wildman–Crippen MR) is 111 cm³/mol. The molecule has 0 aromatic carbocycles. The van der Waals surface area contributed by atoms with Gasteiger partial charge in [-0.1, -0.05) is 23.9 Å². The molecule has 0 saturated heterocycles. The summed E-state index contributed by atoms with van der Waals surface area (Å²) in [4.78, 5) is 14.9. The Morgan fingerprint density at radius 3 is 2.77 bits per heavy atom. The summed E-state index contributed by atoms with van der Waals surface area (Å²) in [6.07, 6.45) is 2.73. The van der Waals surface area contributed by atoms with Crippen LogP contribution in [0.15, 0.2) is 33.8 Å². The molecule has 4 unspecified atom stereocenters. The number of rotatable bonds is 11. The van der Waals surface area contributed by atoms with E-state index in [2.05, 4.69) is 4.98 Å². The first kappa shape index (κ1) is 24.9. The minimum Gasteiger partial charge on any atom is -0.476 e. The van der Waals surface area contributed by atoms with Crippen molar-refractivity contribution in [3.8, 4) is 0 Å². The molecule has 1 aromatic rings. The Labute approximate surface area is 181 Å². The highest BCUT2D eigenvalue weighted by Gasteiger charge is 2.33. The third-order valence-electron chi connectivity index (χ3n) is 5.25. The van der Waals surface area contributed by atoms with E-state index in [9.17, 15) is 28.2 Å². The molecule has 0 aliphatic heterocycles. The van der Waals surface area contributed by atoms with Crippen LogP contribution in [0.25, 0.3) is 0 Å². The molecule has 0 spiro atoms. The normalized spacial score (nSPS) is 23.6. The minimum absolute atomic E-state index is 0.0286. The predicted octanol–water partition coefficient (Wildman–Crippen LogP) is 5.27. The Morgan fingerprint density at radius 1 is 1.40 bits per heavy atom. The van der Waals surface area contributed by atoms with Crippen LogP contribution in [0.3, 0.4) is 0 Å². The average Bonchev–Trinajstić information content (AvgIpc) is 3.28. The molecule has 5 nitrogen and oxygen atoms in total. The number of aliphatic hydroxyl groups is 2. The van der Waals surface area contributed by atoms with Crippen molar-refractivity contribution in [2.24, 2.45) is 11.8 Å². The van der Waals surface area contributed by atoms with Crippen molar-refractivity contribution in [1.82, 2.24) is 4.98 Å². The van der Waals surface area contributed by atoms with Gasteiger partial charge in [0.15, 0.2) is 15.9 Å². The summed E-state index contributed by atoms with van der Waals surface area (Å²) in [5.74, 6) is -1.69. The number of thiazole rings is 1. The van der Waals surface area contributed by atoms with E-state index in [1.54, 1.807) is 6.08 Å². The molecule has 1 aliphatic carbocycles. The summed E-state index contributed by atoms with van der Waals surface area (Å²) in [6, 6.07) is 0. The molecule has 1 fully saturated rings. The highest BCUT2D eigenvalue weighted by atomic mass is 32.2. The molecule has 0 bridgehead atoms. The number of thioether (sulfide) groups is 1. The van der Waals surface area contributed by atoms with Crippen LogP contribution in [0.5, 0.6) is 0 Å². The molecule has 4 atom stereocenters. The third kappa shape index (κ3) is 7.72. The molecule has 1 aliphatic rings. The average molecular weight is 466 g/mol. The van der Waals surface area contributed by atoms with E-state index < -0.39 is 36.0 Å². The molecular weight excluding hydrogens is 439 g/mol. The number of carbonyl (C=O) groups is 1. The zero-order chi connectivity index (χ0) is 22.3. The van der Waals surface area contributed by atoms with Crippen LogP contribution in [-0.2, 0) is 0 Å². The Kier molecular flexibility index (Phi) is 9.39. The van der Waals surface area contributed by atoms with Crippen LogP contribution in [0.2, 0.25) is 0 Å². The first-order valence-corrected chi connectivity index (χ1v) is 11.5. The van der Waals surface area contributed by atoms with E-state index in [0.29, 0.717) is 16.5 Å². The summed E-state index contributed by atoms with van der Waals surface area (Å²) in [6.45, 7) is 1.48. The summed E-state index contributed by atoms with van der Waals surface area (Å²) in [5, 5.41) is 31.0. The molecule has 2 rings (SSSR count). The first-order chi connectivity index (χ1) is 14.1. The Bertz CT molecular complexity index is 778. The zero-order valence-corrected chi connectivity index (χ0v) is 18.2. The van der Waals surface area contributed by atoms with Crippen LogP contribution in [-0.4, -0.2) is 43.7 Å². The maximum Gasteiger partial charge on any atom is 0.355 e. The van der Waals surface area contributed by atoms with Gasteiger partial charge in [0.25, 0.3) is 0 Å². The fourth-order valence-corrected chi connectivity index (χ4v) is 5.41. The van der Waals surface area contributed by atoms with Gasteiger partial charge in [0, 0.05) is 17.6 Å². The van der Waals surface area contributed by atoms with Gasteiger partial charge in [-0.15, -0.1) is 11.3 Å². The lowest BCUT2D eigenvalue weighted by molar-refractivity contribution is 0.0521. The van der Waals surface area contributed by atoms with Crippen molar-refractivity contribution in [2.75, 3.05) is 5.75 Å². The van der Waals surface area contributed by atoms with E-state index in [1.807, 2.05) is 6.08 Å². The van der Waals surface area contributed by atoms with Crippen LogP contribution in [0.4, 0.5) is 13.2 Å². The van der Waals surface area contributed by atoms with Gasteiger partial charge in [0.1, 0.15) is 0 Å². The highest BCUT2D eigenvalue weighted by Crippen LogP contribution is 2.37. The van der Waals surface area contributed by atoms with E-state index in [-0.39, 0.29) is 30.4 Å². The van der Waals surface area contributed by atoms with E-state index in [1.165, 1.54) is 35.4 Å². The zero-order valence-electron chi connectivity index (χ0n) is 16.6. The molecular formula is C20H26F3NO4S2. The van der Waals surface area contributed by atoms with Crippen LogP contribution >= 0.6 is 23.1 Å². The number of carboxylic acid groups (broad SMARTS) is 1. The number of aromatic carboxylic acids is 1. The number of aliphatic hydroxyl groups excluding tert-OH is 1. The van der Waals surface area contributed by atoms with E-state index in [0.717, 1.165) is 12.8 Å². The number of halogens is 3. The highest BCUT2D eigenvalue weighted by molar-refractivity contribution is 8.01. The number of hydrogen-bond acceptors (Lipinski definition) is 6. The summed E-state index contributed by atoms with van der Waals surface area (Å²) < 4.78 is 37.9. The lowest BCUT2D eigenvalue weighted by atomic mass is 9.90. The van der Waals surface area contributed by atoms with Crippen LogP contribution in [0, 0.1) is 11.8 Å². The van der Waals surface area contributed by atoms with E-state index >= 15 is 0 Å². The van der Waals surface area contributed by atoms with Crippen LogP contribution < -0.4 is 0 Å². The fraction of sp³-hybridized carbons (Fsp3) is 0.600. The summed E-state index contributed by atoms with van der Waals surface area (Å²) in [7, 11) is 0. The largest absolute Gasteiger partial charge is 0.476 e. The second-order valence-corrected chi connectivity index (χ2v) is 9.91. The van der Waals surface area contributed by atoms with Gasteiger partial charge in [-0.25, -0.2) is 14.2 Å². The standard InChI is InChI=1S/C20H26F3NO4S2/c1-20(28,9-6-14(21)17(22)23)8-2-3-12-4-5-16(25)13(12)7-10-29-19-24-15(11-30-19)18(26)27/h2-3,11-13,16,25,28H,4-10H2,1H3,(H,26,27)/b3-2+. The molecule has 0 amide bonds. The number of nitrogens with zero attached hydrogens (tertiary/aromatic N) is 1. The topological polar surface area (TPSA) is 90.7 Å². The van der Waals surface area contributed by atoms with Gasteiger partial charge in [-0.05, 0) is 50.9 Å². The Hall–Kier alpha value is -1.36. The number of hydrogen-bond donors (Lipinski definition) is 3.